The molecule has 0 bridgehead atoms. The number of carboxylic acids is 1. The number of rotatable bonds is 9. The lowest BCUT2D eigenvalue weighted by molar-refractivity contribution is -0.140. The van der Waals surface area contributed by atoms with Gasteiger partial charge < -0.3 is 15.3 Å². The smallest absolute Gasteiger partial charge is 0.322 e. The van der Waals surface area contributed by atoms with Crippen LogP contribution in [0.15, 0.2) is 0 Å². The van der Waals surface area contributed by atoms with E-state index in [2.05, 4.69) is 29.0 Å². The second-order valence-electron chi connectivity index (χ2n) is 5.41. The van der Waals surface area contributed by atoms with Gasteiger partial charge in [0.1, 0.15) is 6.04 Å². The predicted molar refractivity (Wildman–Crippen MR) is 75.0 cm³/mol. The minimum atomic E-state index is -0.779. The van der Waals surface area contributed by atoms with Crippen LogP contribution in [0.1, 0.15) is 27.7 Å². The first-order chi connectivity index (χ1) is 8.27. The molecule has 0 aliphatic rings. The van der Waals surface area contributed by atoms with Crippen LogP contribution in [0.2, 0.25) is 0 Å². The lowest BCUT2D eigenvalue weighted by Crippen LogP contribution is -2.52. The van der Waals surface area contributed by atoms with Crippen molar-refractivity contribution >= 4 is 5.97 Å². The Morgan fingerprint density at radius 1 is 1.22 bits per heavy atom. The summed E-state index contributed by atoms with van der Waals surface area (Å²) in [6, 6.07) is 0.0179. The van der Waals surface area contributed by atoms with Crippen molar-refractivity contribution in [2.45, 2.75) is 45.8 Å². The van der Waals surface area contributed by atoms with E-state index >= 15 is 0 Å². The first-order valence-corrected chi connectivity index (χ1v) is 6.65. The van der Waals surface area contributed by atoms with Gasteiger partial charge in [-0.05, 0) is 27.6 Å². The molecule has 0 aliphatic heterocycles. The maximum Gasteiger partial charge on any atom is 0.322 e. The number of hydrogen-bond donors (Lipinski definition) is 2. The van der Waals surface area contributed by atoms with E-state index in [1.54, 1.807) is 0 Å². The van der Waals surface area contributed by atoms with Crippen LogP contribution in [-0.4, -0.2) is 72.7 Å². The van der Waals surface area contributed by atoms with E-state index in [1.165, 1.54) is 0 Å². The van der Waals surface area contributed by atoms with Gasteiger partial charge in [0.15, 0.2) is 0 Å². The number of hydrogen-bond acceptors (Lipinski definition) is 4. The Kier molecular flexibility index (Phi) is 8.15. The Balaban J connectivity index is 4.50. The van der Waals surface area contributed by atoms with Crippen LogP contribution in [0.4, 0.5) is 0 Å². The van der Waals surface area contributed by atoms with Crippen LogP contribution in [0.5, 0.6) is 0 Å². The molecule has 108 valence electrons. The number of nitrogens with one attached hydrogen (secondary N) is 1. The monoisotopic (exact) mass is 259 g/mol. The molecule has 0 radical (unpaired) electrons. The molecule has 0 aromatic rings. The molecule has 0 saturated carbocycles. The lowest BCUT2D eigenvalue weighted by atomic mass is 10.2. The van der Waals surface area contributed by atoms with Crippen LogP contribution >= 0.6 is 0 Å². The van der Waals surface area contributed by atoms with E-state index in [4.69, 9.17) is 0 Å². The fraction of sp³-hybridized carbons (Fsp3) is 0.923. The molecule has 0 amide bonds. The van der Waals surface area contributed by atoms with Gasteiger partial charge in [-0.15, -0.1) is 0 Å². The summed E-state index contributed by atoms with van der Waals surface area (Å²) >= 11 is 0. The molecule has 2 unspecified atom stereocenters. The molecule has 0 spiro atoms. The number of likely N-dealkylation sites (N-methyl/N-ethyl adjacent to an activating group) is 2. The molecule has 0 saturated heterocycles. The van der Waals surface area contributed by atoms with Crippen molar-refractivity contribution in [2.75, 3.05) is 33.7 Å². The van der Waals surface area contributed by atoms with Gasteiger partial charge in [-0.25, -0.2) is 0 Å². The number of carboxylic acid groups (broad SMARTS) is 1. The van der Waals surface area contributed by atoms with Gasteiger partial charge in [0.2, 0.25) is 0 Å². The molecule has 0 heterocycles. The summed E-state index contributed by atoms with van der Waals surface area (Å²) in [7, 11) is 4.07. The van der Waals surface area contributed by atoms with Gasteiger partial charge in [0.05, 0.1) is 0 Å². The zero-order valence-electron chi connectivity index (χ0n) is 12.6. The fourth-order valence-electron chi connectivity index (χ4n) is 2.10. The van der Waals surface area contributed by atoms with Gasteiger partial charge in [-0.1, -0.05) is 20.8 Å². The zero-order valence-corrected chi connectivity index (χ0v) is 12.6. The number of carbonyl (C=O) groups is 1. The van der Waals surface area contributed by atoms with Crippen molar-refractivity contribution in [3.8, 4) is 0 Å². The van der Waals surface area contributed by atoms with E-state index in [-0.39, 0.29) is 6.04 Å². The topological polar surface area (TPSA) is 55.8 Å². The summed E-state index contributed by atoms with van der Waals surface area (Å²) in [5.74, 6) is -0.779. The highest BCUT2D eigenvalue weighted by Crippen LogP contribution is 2.03. The second kappa shape index (κ2) is 8.45. The van der Waals surface area contributed by atoms with Gasteiger partial charge in [-0.3, -0.25) is 9.69 Å². The van der Waals surface area contributed by atoms with Gasteiger partial charge in [0.25, 0.3) is 0 Å². The molecule has 5 heteroatoms. The van der Waals surface area contributed by atoms with E-state index in [9.17, 15) is 9.90 Å². The average molecular weight is 259 g/mol. The summed E-state index contributed by atoms with van der Waals surface area (Å²) in [4.78, 5) is 15.6. The van der Waals surface area contributed by atoms with Crippen LogP contribution in [0.3, 0.4) is 0 Å². The fourth-order valence-corrected chi connectivity index (χ4v) is 2.10. The Morgan fingerprint density at radius 3 is 2.11 bits per heavy atom. The van der Waals surface area contributed by atoms with Crippen molar-refractivity contribution in [3.05, 3.63) is 0 Å². The second-order valence-corrected chi connectivity index (χ2v) is 5.41. The van der Waals surface area contributed by atoms with Crippen LogP contribution in [0, 0.1) is 0 Å². The van der Waals surface area contributed by atoms with E-state index in [1.807, 2.05) is 27.9 Å². The van der Waals surface area contributed by atoms with E-state index < -0.39 is 12.0 Å². The highest BCUT2D eigenvalue weighted by Gasteiger charge is 2.23. The highest BCUT2D eigenvalue weighted by molar-refractivity contribution is 5.73. The molecule has 5 nitrogen and oxygen atoms in total. The van der Waals surface area contributed by atoms with Crippen molar-refractivity contribution in [2.24, 2.45) is 0 Å². The zero-order chi connectivity index (χ0) is 14.3. The predicted octanol–water partition coefficient (Wildman–Crippen LogP) is 0.710. The van der Waals surface area contributed by atoms with Crippen LogP contribution in [0.25, 0.3) is 0 Å². The van der Waals surface area contributed by atoms with E-state index in [0.717, 1.165) is 13.1 Å². The summed E-state index contributed by atoms with van der Waals surface area (Å²) in [6.45, 7) is 10.5. The molecule has 0 rings (SSSR count). The largest absolute Gasteiger partial charge is 0.480 e. The van der Waals surface area contributed by atoms with Crippen molar-refractivity contribution in [3.63, 3.8) is 0 Å². The Bertz CT molecular complexity index is 244. The molecule has 2 atom stereocenters. The van der Waals surface area contributed by atoms with Crippen LogP contribution < -0.4 is 5.32 Å². The highest BCUT2D eigenvalue weighted by atomic mass is 16.4. The molecule has 0 aromatic heterocycles. The third-order valence-electron chi connectivity index (χ3n) is 2.91. The van der Waals surface area contributed by atoms with E-state index in [0.29, 0.717) is 12.6 Å². The Morgan fingerprint density at radius 2 is 1.78 bits per heavy atom. The van der Waals surface area contributed by atoms with Crippen molar-refractivity contribution in [1.29, 1.82) is 0 Å². The lowest BCUT2D eigenvalue weighted by Gasteiger charge is -2.32. The summed E-state index contributed by atoms with van der Waals surface area (Å²) in [5, 5.41) is 12.3. The van der Waals surface area contributed by atoms with Gasteiger partial charge in [0, 0.05) is 25.2 Å². The SMILES string of the molecule is CCN(CC(NC(C)C)C(=O)O)C(C)CN(C)C. The summed E-state index contributed by atoms with van der Waals surface area (Å²) in [6.07, 6.45) is 0. The maximum absolute atomic E-state index is 11.2. The minimum Gasteiger partial charge on any atom is -0.480 e. The molecule has 0 aromatic carbocycles. The minimum absolute atomic E-state index is 0.175. The van der Waals surface area contributed by atoms with Gasteiger partial charge in [-0.2, -0.15) is 0 Å². The molecule has 0 fully saturated rings. The third kappa shape index (κ3) is 6.93. The Hall–Kier alpha value is -0.650. The standard InChI is InChI=1S/C13H29N3O2/c1-7-16(11(4)8-15(5)6)9-12(13(17)18)14-10(2)3/h10-12,14H,7-9H2,1-6H3,(H,17,18). The molecule has 2 N–H and O–H groups in total. The quantitative estimate of drug-likeness (QED) is 0.639. The van der Waals surface area contributed by atoms with Gasteiger partial charge >= 0.3 is 5.97 Å². The maximum atomic E-state index is 11.2. The third-order valence-corrected chi connectivity index (χ3v) is 2.91. The first kappa shape index (κ1) is 17.4. The number of aliphatic carboxylic acids is 1. The van der Waals surface area contributed by atoms with Crippen molar-refractivity contribution in [1.82, 2.24) is 15.1 Å². The average Bonchev–Trinajstić information content (AvgIpc) is 2.21. The Labute approximate surface area is 111 Å². The van der Waals surface area contributed by atoms with Crippen molar-refractivity contribution < 1.29 is 9.90 Å². The molecule has 18 heavy (non-hydrogen) atoms. The molecular formula is C13H29N3O2. The first-order valence-electron chi connectivity index (χ1n) is 6.65. The molecular weight excluding hydrogens is 230 g/mol. The summed E-state index contributed by atoms with van der Waals surface area (Å²) in [5.41, 5.74) is 0. The normalized spacial score (nSPS) is 15.4. The molecule has 0 aliphatic carbocycles. The summed E-state index contributed by atoms with van der Waals surface area (Å²) < 4.78 is 0. The van der Waals surface area contributed by atoms with Crippen LogP contribution in [-0.2, 0) is 4.79 Å². The number of nitrogens with zero attached hydrogens (tertiary/aromatic N) is 2.